The second kappa shape index (κ2) is 6.72. The van der Waals surface area contributed by atoms with Crippen LogP contribution in [0.15, 0.2) is 24.3 Å². The van der Waals surface area contributed by atoms with Gasteiger partial charge in [0.05, 0.1) is 40.8 Å². The average Bonchev–Trinajstić information content (AvgIpc) is 2.54. The smallest absolute Gasteiger partial charge is 0.340 e. The quantitative estimate of drug-likeness (QED) is 0.812. The molecule has 2 aromatic rings. The number of ether oxygens (including phenoxy) is 1. The molecule has 0 amide bonds. The van der Waals surface area contributed by atoms with Crippen LogP contribution < -0.4 is 0 Å². The van der Waals surface area contributed by atoms with Gasteiger partial charge in [0.2, 0.25) is 0 Å². The Bertz CT molecular complexity index is 858. The second-order valence-corrected chi connectivity index (χ2v) is 4.93. The summed E-state index contributed by atoms with van der Waals surface area (Å²) in [5.41, 5.74) is 3.16. The molecule has 5 heteroatoms. The Balaban J connectivity index is 2.85. The van der Waals surface area contributed by atoms with Crippen molar-refractivity contribution in [1.29, 1.82) is 10.5 Å². The van der Waals surface area contributed by atoms with E-state index in [1.165, 1.54) is 0 Å². The molecule has 0 saturated carbocycles. The molecule has 5 nitrogen and oxygen atoms in total. The van der Waals surface area contributed by atoms with E-state index in [9.17, 15) is 10.1 Å². The number of carbonyl (C=O) groups is 1. The Morgan fingerprint density at radius 3 is 2.57 bits per heavy atom. The maximum atomic E-state index is 12.4. The summed E-state index contributed by atoms with van der Waals surface area (Å²) in [5, 5.41) is 18.6. The molecule has 0 bridgehead atoms. The zero-order chi connectivity index (χ0) is 17.0. The van der Waals surface area contributed by atoms with Crippen LogP contribution >= 0.6 is 0 Å². The van der Waals surface area contributed by atoms with Crippen molar-refractivity contribution >= 4 is 5.97 Å². The first kappa shape index (κ1) is 16.2. The zero-order valence-corrected chi connectivity index (χ0v) is 13.2. The summed E-state index contributed by atoms with van der Waals surface area (Å²) in [6.45, 7) is 5.37. The number of pyridine rings is 1. The summed E-state index contributed by atoms with van der Waals surface area (Å²) in [6.07, 6.45) is 0. The summed E-state index contributed by atoms with van der Waals surface area (Å²) >= 11 is 0. The average molecular weight is 305 g/mol. The van der Waals surface area contributed by atoms with Crippen LogP contribution in [0.1, 0.15) is 39.8 Å². The molecule has 0 aliphatic carbocycles. The fraction of sp³-hybridized carbons (Fsp3) is 0.222. The van der Waals surface area contributed by atoms with Crippen molar-refractivity contribution in [3.8, 4) is 23.3 Å². The monoisotopic (exact) mass is 305 g/mol. The molecule has 0 atom stereocenters. The summed E-state index contributed by atoms with van der Waals surface area (Å²) in [5.74, 6) is -0.522. The molecule has 0 fully saturated rings. The molecule has 1 heterocycles. The SMILES string of the molecule is CCOC(=O)c1c(C)nc(C)c(C#N)c1-c1cccc(C#N)c1. The Kier molecular flexibility index (Phi) is 4.73. The molecule has 0 unspecified atom stereocenters. The normalized spacial score (nSPS) is 9.78. The van der Waals surface area contributed by atoms with Crippen LogP contribution in [-0.4, -0.2) is 17.6 Å². The Hall–Kier alpha value is -3.18. The number of rotatable bonds is 3. The van der Waals surface area contributed by atoms with Crippen molar-refractivity contribution < 1.29 is 9.53 Å². The van der Waals surface area contributed by atoms with Gasteiger partial charge in [-0.25, -0.2) is 4.79 Å². The van der Waals surface area contributed by atoms with Crippen LogP contribution in [0.2, 0.25) is 0 Å². The van der Waals surface area contributed by atoms with Gasteiger partial charge < -0.3 is 4.74 Å². The second-order valence-electron chi connectivity index (χ2n) is 4.93. The number of benzene rings is 1. The van der Waals surface area contributed by atoms with Crippen molar-refractivity contribution in [2.24, 2.45) is 0 Å². The highest BCUT2D eigenvalue weighted by molar-refractivity contribution is 6.00. The lowest BCUT2D eigenvalue weighted by molar-refractivity contribution is 0.0526. The van der Waals surface area contributed by atoms with Gasteiger partial charge in [-0.3, -0.25) is 4.98 Å². The van der Waals surface area contributed by atoms with Gasteiger partial charge in [0, 0.05) is 5.56 Å². The molecule has 0 saturated heterocycles. The van der Waals surface area contributed by atoms with Gasteiger partial charge >= 0.3 is 5.97 Å². The molecule has 1 aromatic heterocycles. The lowest BCUT2D eigenvalue weighted by Crippen LogP contribution is -2.12. The van der Waals surface area contributed by atoms with E-state index in [2.05, 4.69) is 17.1 Å². The Morgan fingerprint density at radius 1 is 1.22 bits per heavy atom. The lowest BCUT2D eigenvalue weighted by Gasteiger charge is -2.15. The van der Waals surface area contributed by atoms with Crippen LogP contribution in [0.25, 0.3) is 11.1 Å². The first-order valence-corrected chi connectivity index (χ1v) is 7.12. The van der Waals surface area contributed by atoms with E-state index in [0.29, 0.717) is 33.6 Å². The summed E-state index contributed by atoms with van der Waals surface area (Å²) in [6, 6.07) is 11.0. The number of carbonyl (C=O) groups excluding carboxylic acids is 1. The van der Waals surface area contributed by atoms with Gasteiger partial charge in [-0.05, 0) is 38.5 Å². The highest BCUT2D eigenvalue weighted by Crippen LogP contribution is 2.31. The minimum atomic E-state index is -0.522. The zero-order valence-electron chi connectivity index (χ0n) is 13.2. The van der Waals surface area contributed by atoms with Crippen molar-refractivity contribution in [2.45, 2.75) is 20.8 Å². The standard InChI is InChI=1S/C18H15N3O2/c1-4-23-18(22)16-12(3)21-11(2)15(10-20)17(16)14-7-5-6-13(8-14)9-19/h5-8H,4H2,1-3H3. The van der Waals surface area contributed by atoms with Crippen molar-refractivity contribution in [1.82, 2.24) is 4.98 Å². The van der Waals surface area contributed by atoms with E-state index in [1.54, 1.807) is 45.0 Å². The van der Waals surface area contributed by atoms with Crippen molar-refractivity contribution in [3.05, 3.63) is 52.3 Å². The summed E-state index contributed by atoms with van der Waals surface area (Å²) in [7, 11) is 0. The van der Waals surface area contributed by atoms with E-state index in [4.69, 9.17) is 10.00 Å². The molecule has 0 radical (unpaired) electrons. The summed E-state index contributed by atoms with van der Waals surface area (Å²) < 4.78 is 5.11. The first-order chi connectivity index (χ1) is 11.0. The predicted octanol–water partition coefficient (Wildman–Crippen LogP) is 3.29. The molecule has 23 heavy (non-hydrogen) atoms. The summed E-state index contributed by atoms with van der Waals surface area (Å²) in [4.78, 5) is 16.6. The molecule has 0 aliphatic heterocycles. The van der Waals surface area contributed by atoms with Gasteiger partial charge in [0.1, 0.15) is 6.07 Å². The molecule has 1 aromatic carbocycles. The van der Waals surface area contributed by atoms with Crippen molar-refractivity contribution in [3.63, 3.8) is 0 Å². The maximum Gasteiger partial charge on any atom is 0.340 e. The molecule has 0 aliphatic rings. The third kappa shape index (κ3) is 3.04. The van der Waals surface area contributed by atoms with Gasteiger partial charge in [0.15, 0.2) is 0 Å². The Labute approximate surface area is 134 Å². The number of nitriles is 2. The van der Waals surface area contributed by atoms with E-state index in [0.717, 1.165) is 0 Å². The van der Waals surface area contributed by atoms with Crippen LogP contribution in [-0.2, 0) is 4.74 Å². The predicted molar refractivity (Wildman–Crippen MR) is 84.5 cm³/mol. The van der Waals surface area contributed by atoms with Gasteiger partial charge in [-0.2, -0.15) is 10.5 Å². The van der Waals surface area contributed by atoms with Crippen LogP contribution in [0.4, 0.5) is 0 Å². The van der Waals surface area contributed by atoms with E-state index in [1.807, 2.05) is 0 Å². The minimum Gasteiger partial charge on any atom is -0.462 e. The van der Waals surface area contributed by atoms with Gasteiger partial charge in [-0.15, -0.1) is 0 Å². The maximum absolute atomic E-state index is 12.4. The van der Waals surface area contributed by atoms with E-state index >= 15 is 0 Å². The number of hydrogen-bond acceptors (Lipinski definition) is 5. The molecular formula is C18H15N3O2. The minimum absolute atomic E-state index is 0.228. The highest BCUT2D eigenvalue weighted by atomic mass is 16.5. The number of esters is 1. The van der Waals surface area contributed by atoms with Crippen molar-refractivity contribution in [2.75, 3.05) is 6.61 Å². The topological polar surface area (TPSA) is 86.8 Å². The Morgan fingerprint density at radius 2 is 1.96 bits per heavy atom. The van der Waals surface area contributed by atoms with Gasteiger partial charge in [-0.1, -0.05) is 12.1 Å². The molecule has 114 valence electrons. The number of aromatic nitrogens is 1. The third-order valence-corrected chi connectivity index (χ3v) is 3.43. The van der Waals surface area contributed by atoms with Crippen LogP contribution in [0, 0.1) is 36.5 Å². The van der Waals surface area contributed by atoms with Crippen LogP contribution in [0.5, 0.6) is 0 Å². The lowest BCUT2D eigenvalue weighted by atomic mass is 9.92. The fourth-order valence-corrected chi connectivity index (χ4v) is 2.47. The molecule has 0 spiro atoms. The number of nitrogens with zero attached hydrogens (tertiary/aromatic N) is 3. The fourth-order valence-electron chi connectivity index (χ4n) is 2.47. The third-order valence-electron chi connectivity index (χ3n) is 3.43. The highest BCUT2D eigenvalue weighted by Gasteiger charge is 2.23. The van der Waals surface area contributed by atoms with E-state index in [-0.39, 0.29) is 12.2 Å². The number of aryl methyl sites for hydroxylation is 2. The largest absolute Gasteiger partial charge is 0.462 e. The van der Waals surface area contributed by atoms with Crippen LogP contribution in [0.3, 0.4) is 0 Å². The number of hydrogen-bond donors (Lipinski definition) is 0. The molecule has 2 rings (SSSR count). The molecular weight excluding hydrogens is 290 g/mol. The first-order valence-electron chi connectivity index (χ1n) is 7.12. The van der Waals surface area contributed by atoms with Gasteiger partial charge in [0.25, 0.3) is 0 Å². The molecule has 0 N–H and O–H groups in total. The van der Waals surface area contributed by atoms with E-state index < -0.39 is 5.97 Å².